The number of halogens is 1. The molecule has 1 aromatic heterocycles. The van der Waals surface area contributed by atoms with Gasteiger partial charge < -0.3 is 10.1 Å². The van der Waals surface area contributed by atoms with Crippen molar-refractivity contribution in [3.63, 3.8) is 0 Å². The number of hydrogen-bond acceptors (Lipinski definition) is 4. The van der Waals surface area contributed by atoms with E-state index in [1.807, 2.05) is 13.0 Å². The largest absolute Gasteiger partial charge is 0.465 e. The van der Waals surface area contributed by atoms with Gasteiger partial charge in [0.05, 0.1) is 6.61 Å². The van der Waals surface area contributed by atoms with Gasteiger partial charge in [-0.15, -0.1) is 0 Å². The van der Waals surface area contributed by atoms with Gasteiger partial charge in [-0.05, 0) is 41.0 Å². The van der Waals surface area contributed by atoms with Crippen molar-refractivity contribution in [1.82, 2.24) is 10.3 Å². The lowest BCUT2D eigenvalue weighted by atomic mass is 10.1. The summed E-state index contributed by atoms with van der Waals surface area (Å²) in [4.78, 5) is 15.8. The fraction of sp³-hybridized carbons (Fsp3) is 0.455. The maximum atomic E-state index is 11.7. The van der Waals surface area contributed by atoms with E-state index in [0.29, 0.717) is 13.2 Å². The first-order valence-corrected chi connectivity index (χ1v) is 5.98. The molecule has 1 aromatic rings. The maximum Gasteiger partial charge on any atom is 0.327 e. The average Bonchev–Trinajstić information content (AvgIpc) is 2.26. The van der Waals surface area contributed by atoms with Crippen molar-refractivity contribution in [3.8, 4) is 0 Å². The highest BCUT2D eigenvalue weighted by Gasteiger charge is 2.21. The number of esters is 1. The Morgan fingerprint density at radius 2 is 2.31 bits per heavy atom. The van der Waals surface area contributed by atoms with E-state index >= 15 is 0 Å². The van der Waals surface area contributed by atoms with Gasteiger partial charge in [0, 0.05) is 16.9 Å². The summed E-state index contributed by atoms with van der Waals surface area (Å²) in [7, 11) is 0. The van der Waals surface area contributed by atoms with Gasteiger partial charge in [-0.25, -0.2) is 4.79 Å². The zero-order chi connectivity index (χ0) is 12.0. The predicted octanol–water partition coefficient (Wildman–Crippen LogP) is 2.06. The van der Waals surface area contributed by atoms with Crippen molar-refractivity contribution in [1.29, 1.82) is 0 Å². The van der Waals surface area contributed by atoms with E-state index in [4.69, 9.17) is 4.74 Å². The van der Waals surface area contributed by atoms with Crippen LogP contribution >= 0.6 is 15.9 Å². The van der Waals surface area contributed by atoms with Gasteiger partial charge >= 0.3 is 5.97 Å². The molecule has 88 valence electrons. The van der Waals surface area contributed by atoms with E-state index < -0.39 is 6.04 Å². The number of nitrogens with one attached hydrogen (secondary N) is 1. The summed E-state index contributed by atoms with van der Waals surface area (Å²) in [5.41, 5.74) is 0.801. The number of carbonyl (C=O) groups is 1. The summed E-state index contributed by atoms with van der Waals surface area (Å²) in [6, 6.07) is 1.41. The third kappa shape index (κ3) is 3.57. The highest BCUT2D eigenvalue weighted by Crippen LogP contribution is 2.17. The number of hydrogen-bond donors (Lipinski definition) is 1. The second kappa shape index (κ2) is 6.60. The Hall–Kier alpha value is -0.940. The van der Waals surface area contributed by atoms with Crippen molar-refractivity contribution in [3.05, 3.63) is 28.5 Å². The standard InChI is InChI=1S/C11H15BrN2O2/c1-3-14-10(11(15)16-4-2)8-5-9(12)7-13-6-8/h5-7,10,14H,3-4H2,1-2H3. The van der Waals surface area contributed by atoms with E-state index in [2.05, 4.69) is 26.2 Å². The minimum atomic E-state index is -0.449. The van der Waals surface area contributed by atoms with Crippen LogP contribution in [0.3, 0.4) is 0 Å². The summed E-state index contributed by atoms with van der Waals surface area (Å²) >= 11 is 3.33. The summed E-state index contributed by atoms with van der Waals surface area (Å²) in [6.07, 6.45) is 3.34. The minimum absolute atomic E-state index is 0.274. The SMILES string of the molecule is CCNC(C(=O)OCC)c1cncc(Br)c1. The van der Waals surface area contributed by atoms with E-state index in [1.165, 1.54) is 0 Å². The fourth-order valence-electron chi connectivity index (χ4n) is 1.35. The van der Waals surface area contributed by atoms with Crippen LogP contribution in [0, 0.1) is 0 Å². The quantitative estimate of drug-likeness (QED) is 0.842. The highest BCUT2D eigenvalue weighted by molar-refractivity contribution is 9.10. The number of nitrogens with zero attached hydrogens (tertiary/aromatic N) is 1. The molecule has 1 atom stereocenters. The Morgan fingerprint density at radius 1 is 1.56 bits per heavy atom. The van der Waals surface area contributed by atoms with Gasteiger partial charge in [-0.3, -0.25) is 4.98 Å². The summed E-state index contributed by atoms with van der Waals surface area (Å²) in [6.45, 7) is 4.80. The van der Waals surface area contributed by atoms with Gasteiger partial charge in [0.2, 0.25) is 0 Å². The number of likely N-dealkylation sites (N-methyl/N-ethyl adjacent to an activating group) is 1. The Bertz CT molecular complexity index is 358. The topological polar surface area (TPSA) is 51.2 Å². The van der Waals surface area contributed by atoms with Crippen LogP contribution in [0.5, 0.6) is 0 Å². The van der Waals surface area contributed by atoms with Crippen LogP contribution in [-0.2, 0) is 9.53 Å². The molecule has 0 saturated carbocycles. The first kappa shape index (κ1) is 13.1. The second-order valence-corrected chi connectivity index (χ2v) is 4.09. The van der Waals surface area contributed by atoms with Gasteiger partial charge in [0.15, 0.2) is 0 Å². The molecule has 1 heterocycles. The third-order valence-corrected chi connectivity index (χ3v) is 2.42. The molecule has 0 aliphatic rings. The molecular formula is C11H15BrN2O2. The van der Waals surface area contributed by atoms with Gasteiger partial charge in [-0.1, -0.05) is 6.92 Å². The second-order valence-electron chi connectivity index (χ2n) is 3.18. The van der Waals surface area contributed by atoms with E-state index in [9.17, 15) is 4.79 Å². The predicted molar refractivity (Wildman–Crippen MR) is 65.0 cm³/mol. The number of ether oxygens (including phenoxy) is 1. The summed E-state index contributed by atoms with van der Waals surface area (Å²) in [5.74, 6) is -0.274. The first-order chi connectivity index (χ1) is 7.69. The molecule has 0 fully saturated rings. The van der Waals surface area contributed by atoms with E-state index in [-0.39, 0.29) is 5.97 Å². The van der Waals surface area contributed by atoms with Crippen LogP contribution < -0.4 is 5.32 Å². The monoisotopic (exact) mass is 286 g/mol. The molecule has 1 rings (SSSR count). The molecule has 16 heavy (non-hydrogen) atoms. The molecule has 1 unspecified atom stereocenters. The molecule has 0 aliphatic heterocycles. The summed E-state index contributed by atoms with van der Waals surface area (Å²) in [5, 5.41) is 3.08. The van der Waals surface area contributed by atoms with Crippen LogP contribution in [0.25, 0.3) is 0 Å². The summed E-state index contributed by atoms with van der Waals surface area (Å²) < 4.78 is 5.85. The van der Waals surface area contributed by atoms with Crippen LogP contribution in [0.15, 0.2) is 22.9 Å². The Kier molecular flexibility index (Phi) is 5.42. The van der Waals surface area contributed by atoms with Gasteiger partial charge in [-0.2, -0.15) is 0 Å². The molecule has 0 amide bonds. The lowest BCUT2D eigenvalue weighted by molar-refractivity contribution is -0.145. The average molecular weight is 287 g/mol. The smallest absolute Gasteiger partial charge is 0.327 e. The number of pyridine rings is 1. The van der Waals surface area contributed by atoms with Crippen molar-refractivity contribution in [2.75, 3.05) is 13.2 Å². The number of carbonyl (C=O) groups excluding carboxylic acids is 1. The molecule has 0 saturated heterocycles. The molecule has 0 bridgehead atoms. The van der Waals surface area contributed by atoms with Gasteiger partial charge in [0.25, 0.3) is 0 Å². The third-order valence-electron chi connectivity index (χ3n) is 1.99. The van der Waals surface area contributed by atoms with Crippen molar-refractivity contribution >= 4 is 21.9 Å². The van der Waals surface area contributed by atoms with Crippen molar-refractivity contribution < 1.29 is 9.53 Å². The Labute approximate surface area is 104 Å². The Balaban J connectivity index is 2.88. The number of rotatable bonds is 5. The van der Waals surface area contributed by atoms with E-state index in [1.54, 1.807) is 19.3 Å². The zero-order valence-electron chi connectivity index (χ0n) is 9.37. The van der Waals surface area contributed by atoms with E-state index in [0.717, 1.165) is 10.0 Å². The molecule has 0 radical (unpaired) electrons. The first-order valence-electron chi connectivity index (χ1n) is 5.19. The molecule has 4 nitrogen and oxygen atoms in total. The molecule has 5 heteroatoms. The van der Waals surface area contributed by atoms with Crippen LogP contribution in [-0.4, -0.2) is 24.1 Å². The minimum Gasteiger partial charge on any atom is -0.465 e. The molecule has 0 aliphatic carbocycles. The van der Waals surface area contributed by atoms with Crippen LogP contribution in [0.2, 0.25) is 0 Å². The van der Waals surface area contributed by atoms with Crippen molar-refractivity contribution in [2.24, 2.45) is 0 Å². The molecular weight excluding hydrogens is 272 g/mol. The van der Waals surface area contributed by atoms with Crippen LogP contribution in [0.4, 0.5) is 0 Å². The lowest BCUT2D eigenvalue weighted by Gasteiger charge is -2.16. The molecule has 0 spiro atoms. The Morgan fingerprint density at radius 3 is 2.88 bits per heavy atom. The lowest BCUT2D eigenvalue weighted by Crippen LogP contribution is -2.30. The molecule has 0 aromatic carbocycles. The van der Waals surface area contributed by atoms with Crippen molar-refractivity contribution in [2.45, 2.75) is 19.9 Å². The number of aromatic nitrogens is 1. The fourth-order valence-corrected chi connectivity index (χ4v) is 1.74. The zero-order valence-corrected chi connectivity index (χ0v) is 11.0. The highest BCUT2D eigenvalue weighted by atomic mass is 79.9. The normalized spacial score (nSPS) is 12.2. The van der Waals surface area contributed by atoms with Crippen LogP contribution in [0.1, 0.15) is 25.5 Å². The van der Waals surface area contributed by atoms with Gasteiger partial charge in [0.1, 0.15) is 6.04 Å². The maximum absolute atomic E-state index is 11.7. The molecule has 1 N–H and O–H groups in total.